The zero-order chi connectivity index (χ0) is 28.3. The van der Waals surface area contributed by atoms with Crippen LogP contribution in [0.25, 0.3) is 16.9 Å². The van der Waals surface area contributed by atoms with Gasteiger partial charge in [0, 0.05) is 37.5 Å². The third-order valence-electron chi connectivity index (χ3n) is 8.69. The number of fused-ring (bicyclic) bond motifs is 3. The Kier molecular flexibility index (Phi) is 6.29. The van der Waals surface area contributed by atoms with Gasteiger partial charge in [0.05, 0.1) is 18.8 Å². The second kappa shape index (κ2) is 9.58. The molecule has 6 N–H and O–H groups in total. The van der Waals surface area contributed by atoms with Crippen molar-refractivity contribution in [3.63, 3.8) is 0 Å². The van der Waals surface area contributed by atoms with Gasteiger partial charge in [0.25, 0.3) is 5.91 Å². The minimum Gasteiger partial charge on any atom is -0.508 e. The van der Waals surface area contributed by atoms with Gasteiger partial charge in [0.1, 0.15) is 22.8 Å². The van der Waals surface area contributed by atoms with Crippen LogP contribution < -0.4 is 5.73 Å². The first-order valence-electron chi connectivity index (χ1n) is 13.3. The summed E-state index contributed by atoms with van der Waals surface area (Å²) in [6, 6.07) is 11.2. The van der Waals surface area contributed by atoms with Crippen molar-refractivity contribution in [2.45, 2.75) is 31.4 Å². The van der Waals surface area contributed by atoms with Crippen molar-refractivity contribution in [1.82, 2.24) is 4.90 Å². The lowest BCUT2D eigenvalue weighted by Crippen LogP contribution is -2.58. The van der Waals surface area contributed by atoms with E-state index >= 15 is 0 Å². The molecule has 0 aromatic heterocycles. The number of primary amides is 1. The van der Waals surface area contributed by atoms with Crippen LogP contribution in [-0.4, -0.2) is 74.7 Å². The second-order valence-electron chi connectivity index (χ2n) is 11.0. The average molecular weight is 547 g/mol. The maximum absolute atomic E-state index is 13.7. The van der Waals surface area contributed by atoms with Crippen molar-refractivity contribution in [3.05, 3.63) is 70.0 Å². The number of amides is 1. The molecule has 2 aromatic rings. The summed E-state index contributed by atoms with van der Waals surface area (Å²) in [5, 5.41) is 44.3. The topological polar surface area (TPSA) is 171 Å². The van der Waals surface area contributed by atoms with E-state index < -0.39 is 52.0 Å². The molecule has 3 unspecified atom stereocenters. The molecular weight excluding hydrogens is 516 g/mol. The zero-order valence-corrected chi connectivity index (χ0v) is 21.7. The van der Waals surface area contributed by atoms with Crippen molar-refractivity contribution >= 4 is 23.2 Å². The Bertz CT molecular complexity index is 1520. The van der Waals surface area contributed by atoms with Gasteiger partial charge in [-0.3, -0.25) is 19.3 Å². The molecule has 3 aliphatic carbocycles. The first kappa shape index (κ1) is 26.2. The van der Waals surface area contributed by atoms with E-state index in [2.05, 4.69) is 11.0 Å². The SMILES string of the molecule is NC(=O)C1=C(O)C2(O)C(=O)C3=C(O)c4c(O)ccc(-c5cccc(CN6CCOCC6)c5)c4CC3CC2CC1=O. The molecule has 1 heterocycles. The van der Waals surface area contributed by atoms with Gasteiger partial charge in [-0.1, -0.05) is 24.3 Å². The summed E-state index contributed by atoms with van der Waals surface area (Å²) in [6.45, 7) is 3.83. The lowest BCUT2D eigenvalue weighted by atomic mass is 9.59. The van der Waals surface area contributed by atoms with Crippen LogP contribution in [0.15, 0.2) is 53.3 Å². The van der Waals surface area contributed by atoms with E-state index in [1.54, 1.807) is 6.07 Å². The van der Waals surface area contributed by atoms with Crippen LogP contribution in [0.3, 0.4) is 0 Å². The van der Waals surface area contributed by atoms with E-state index in [4.69, 9.17) is 10.5 Å². The number of morpholine rings is 1. The number of aliphatic hydroxyl groups is 3. The van der Waals surface area contributed by atoms with Crippen molar-refractivity contribution in [2.75, 3.05) is 26.3 Å². The molecule has 0 spiro atoms. The lowest BCUT2D eigenvalue weighted by molar-refractivity contribution is -0.147. The van der Waals surface area contributed by atoms with Gasteiger partial charge >= 0.3 is 0 Å². The molecule has 0 radical (unpaired) electrons. The highest BCUT2D eigenvalue weighted by Crippen LogP contribution is 2.53. The minimum atomic E-state index is -2.57. The molecule has 0 bridgehead atoms. The number of nitrogens with two attached hydrogens (primary N) is 1. The summed E-state index contributed by atoms with van der Waals surface area (Å²) in [6.07, 6.45) is -0.000644. The smallest absolute Gasteiger partial charge is 0.255 e. The molecule has 2 fully saturated rings. The highest BCUT2D eigenvalue weighted by atomic mass is 16.5. The molecule has 3 atom stereocenters. The van der Waals surface area contributed by atoms with Gasteiger partial charge in [-0.25, -0.2) is 0 Å². The van der Waals surface area contributed by atoms with Gasteiger partial charge in [0.2, 0.25) is 5.78 Å². The summed E-state index contributed by atoms with van der Waals surface area (Å²) in [5.41, 5.74) is 5.23. The predicted molar refractivity (Wildman–Crippen MR) is 143 cm³/mol. The van der Waals surface area contributed by atoms with Gasteiger partial charge in [-0.2, -0.15) is 0 Å². The number of phenolic OH excluding ortho intramolecular Hbond substituents is 1. The third-order valence-corrected chi connectivity index (χ3v) is 8.69. The van der Waals surface area contributed by atoms with Crippen LogP contribution in [0.2, 0.25) is 0 Å². The molecule has 1 amide bonds. The Morgan fingerprint density at radius 3 is 2.55 bits per heavy atom. The lowest BCUT2D eigenvalue weighted by Gasteiger charge is -2.46. The molecule has 6 rings (SSSR count). The van der Waals surface area contributed by atoms with Gasteiger partial charge < -0.3 is 30.9 Å². The monoisotopic (exact) mass is 546 g/mol. The second-order valence-corrected chi connectivity index (χ2v) is 11.0. The quantitative estimate of drug-likeness (QED) is 0.360. The summed E-state index contributed by atoms with van der Waals surface area (Å²) >= 11 is 0. The number of aromatic hydroxyl groups is 1. The molecule has 40 heavy (non-hydrogen) atoms. The van der Waals surface area contributed by atoms with E-state index in [1.165, 1.54) is 6.07 Å². The number of carbonyl (C=O) groups excluding carboxylic acids is 3. The van der Waals surface area contributed by atoms with Crippen molar-refractivity contribution in [1.29, 1.82) is 0 Å². The van der Waals surface area contributed by atoms with E-state index in [0.29, 0.717) is 18.8 Å². The number of nitrogens with zero attached hydrogens (tertiary/aromatic N) is 1. The maximum Gasteiger partial charge on any atom is 0.255 e. The molecule has 10 heteroatoms. The Labute approximate surface area is 230 Å². The third kappa shape index (κ3) is 3.94. The molecule has 1 aliphatic heterocycles. The van der Waals surface area contributed by atoms with Crippen LogP contribution in [-0.2, 0) is 32.1 Å². The number of ketones is 2. The highest BCUT2D eigenvalue weighted by Gasteiger charge is 2.60. The van der Waals surface area contributed by atoms with E-state index in [-0.39, 0.29) is 36.1 Å². The van der Waals surface area contributed by atoms with Gasteiger partial charge in [0.15, 0.2) is 11.4 Å². The van der Waals surface area contributed by atoms with Crippen LogP contribution >= 0.6 is 0 Å². The number of hydrogen-bond acceptors (Lipinski definition) is 9. The molecule has 208 valence electrons. The molecule has 1 saturated carbocycles. The predicted octanol–water partition coefficient (Wildman–Crippen LogP) is 1.92. The summed E-state index contributed by atoms with van der Waals surface area (Å²) in [4.78, 5) is 40.4. The van der Waals surface area contributed by atoms with E-state index in [9.17, 15) is 34.8 Å². The Morgan fingerprint density at radius 1 is 1.07 bits per heavy atom. The summed E-state index contributed by atoms with van der Waals surface area (Å²) in [7, 11) is 0. The van der Waals surface area contributed by atoms with E-state index in [1.807, 2.05) is 18.2 Å². The molecule has 4 aliphatic rings. The fourth-order valence-electron chi connectivity index (χ4n) is 6.75. The fraction of sp³-hybridized carbons (Fsp3) is 0.367. The van der Waals surface area contributed by atoms with Crippen molar-refractivity contribution in [2.24, 2.45) is 17.6 Å². The first-order valence-corrected chi connectivity index (χ1v) is 13.3. The first-order chi connectivity index (χ1) is 19.1. The standard InChI is InChI=1S/C30H30N2O8/c31-29(38)25-22(34)13-18-11-17-12-20-19(16-3-1-2-15(10-16)14-32-6-8-40-9-7-32)4-5-21(33)24(20)26(35)23(17)27(36)30(18,39)28(25)37/h1-5,10,17-18,33,35,37,39H,6-9,11-14H2,(H2,31,38). The van der Waals surface area contributed by atoms with Crippen LogP contribution in [0.5, 0.6) is 5.75 Å². The van der Waals surface area contributed by atoms with Crippen molar-refractivity contribution < 1.29 is 39.5 Å². The van der Waals surface area contributed by atoms with Gasteiger partial charge in [-0.05, 0) is 53.1 Å². The van der Waals surface area contributed by atoms with Crippen molar-refractivity contribution in [3.8, 4) is 16.9 Å². The Balaban J connectivity index is 1.43. The average Bonchev–Trinajstić information content (AvgIpc) is 2.91. The summed E-state index contributed by atoms with van der Waals surface area (Å²) < 4.78 is 5.44. The van der Waals surface area contributed by atoms with Crippen LogP contribution in [0.4, 0.5) is 0 Å². The molecular formula is C30H30N2O8. The number of ether oxygens (including phenoxy) is 1. The largest absolute Gasteiger partial charge is 0.508 e. The van der Waals surface area contributed by atoms with E-state index in [0.717, 1.165) is 36.3 Å². The fourth-order valence-corrected chi connectivity index (χ4v) is 6.75. The zero-order valence-electron chi connectivity index (χ0n) is 21.7. The Hall–Kier alpha value is -3.99. The summed E-state index contributed by atoms with van der Waals surface area (Å²) in [5.74, 6) is -6.37. The number of Topliss-reactive ketones (excluding diaryl/α,β-unsaturated/α-hetero) is 2. The number of carbonyl (C=O) groups is 3. The maximum atomic E-state index is 13.7. The highest BCUT2D eigenvalue weighted by molar-refractivity contribution is 6.22. The number of hydrogen-bond donors (Lipinski definition) is 5. The number of benzene rings is 2. The van der Waals surface area contributed by atoms with Crippen LogP contribution in [0.1, 0.15) is 29.5 Å². The molecule has 10 nitrogen and oxygen atoms in total. The number of rotatable bonds is 4. The Morgan fingerprint density at radius 2 is 1.82 bits per heavy atom. The molecule has 2 aromatic carbocycles. The van der Waals surface area contributed by atoms with Gasteiger partial charge in [-0.15, -0.1) is 0 Å². The minimum absolute atomic E-state index is 0.0863. The number of phenols is 1. The normalized spacial score (nSPS) is 26.8. The molecule has 1 saturated heterocycles. The van der Waals surface area contributed by atoms with Crippen LogP contribution in [0, 0.1) is 11.8 Å². The number of aliphatic hydroxyl groups excluding tert-OH is 2.